The molecule has 0 bridgehead atoms. The average molecular weight is 438 g/mol. The Morgan fingerprint density at radius 2 is 1.91 bits per heavy atom. The fraction of sp³-hybridized carbons (Fsp3) is 0.440. The first-order chi connectivity index (χ1) is 15.4. The molecule has 1 saturated heterocycles. The number of hydrogen-bond acceptors (Lipinski definition) is 6. The van der Waals surface area contributed by atoms with Crippen molar-refractivity contribution in [3.8, 4) is 11.1 Å². The first-order valence-electron chi connectivity index (χ1n) is 11.2. The maximum Gasteiger partial charge on any atom is 0.410 e. The number of aryl methyl sites for hydroxylation is 1. The van der Waals surface area contributed by atoms with Gasteiger partial charge in [-0.3, -0.25) is 4.84 Å². The van der Waals surface area contributed by atoms with Crippen molar-refractivity contribution in [3.63, 3.8) is 0 Å². The molecule has 1 fully saturated rings. The van der Waals surface area contributed by atoms with Gasteiger partial charge in [0, 0.05) is 26.1 Å². The number of aromatic nitrogens is 1. The van der Waals surface area contributed by atoms with Crippen LogP contribution < -0.4 is 5.48 Å². The minimum Gasteiger partial charge on any atom is -0.447 e. The van der Waals surface area contributed by atoms with Crippen molar-refractivity contribution in [1.29, 1.82) is 0 Å². The number of oxazole rings is 1. The SMILES string of the molecule is CNOCc1ccc(-c2ccc3oc(C4CCN(C(=O)OC(C)C)CC4)nc3c2)cc1C. The molecule has 0 radical (unpaired) electrons. The predicted octanol–water partition coefficient (Wildman–Crippen LogP) is 5.18. The number of rotatable bonds is 6. The van der Waals surface area contributed by atoms with E-state index in [-0.39, 0.29) is 18.1 Å². The van der Waals surface area contributed by atoms with Crippen molar-refractivity contribution in [3.05, 3.63) is 53.4 Å². The van der Waals surface area contributed by atoms with Gasteiger partial charge in [0.15, 0.2) is 11.5 Å². The first-order valence-corrected chi connectivity index (χ1v) is 11.2. The fourth-order valence-corrected chi connectivity index (χ4v) is 4.07. The Hall–Kier alpha value is -2.90. The van der Waals surface area contributed by atoms with Crippen LogP contribution in [0.15, 0.2) is 40.8 Å². The number of carbonyl (C=O) groups excluding carboxylic acids is 1. The van der Waals surface area contributed by atoms with E-state index >= 15 is 0 Å². The van der Waals surface area contributed by atoms with Crippen molar-refractivity contribution in [2.45, 2.75) is 52.2 Å². The van der Waals surface area contributed by atoms with Gasteiger partial charge in [0.2, 0.25) is 0 Å². The second kappa shape index (κ2) is 9.71. The Kier molecular flexibility index (Phi) is 6.77. The fourth-order valence-electron chi connectivity index (χ4n) is 4.07. The molecule has 0 unspecified atom stereocenters. The van der Waals surface area contributed by atoms with Gasteiger partial charge in [-0.15, -0.1) is 0 Å². The highest BCUT2D eigenvalue weighted by atomic mass is 16.6. The number of hydroxylamine groups is 1. The smallest absolute Gasteiger partial charge is 0.410 e. The summed E-state index contributed by atoms with van der Waals surface area (Å²) in [5.74, 6) is 0.965. The van der Waals surface area contributed by atoms with Crippen LogP contribution in [0.1, 0.15) is 49.6 Å². The van der Waals surface area contributed by atoms with E-state index < -0.39 is 0 Å². The minimum absolute atomic E-state index is 0.104. The van der Waals surface area contributed by atoms with Crippen molar-refractivity contribution in [2.24, 2.45) is 0 Å². The highest BCUT2D eigenvalue weighted by Crippen LogP contribution is 2.32. The summed E-state index contributed by atoms with van der Waals surface area (Å²) in [5.41, 5.74) is 8.94. The van der Waals surface area contributed by atoms with Crippen LogP contribution in [0, 0.1) is 6.92 Å². The van der Waals surface area contributed by atoms with Crippen molar-refractivity contribution < 1.29 is 18.8 Å². The van der Waals surface area contributed by atoms with Gasteiger partial charge in [-0.1, -0.05) is 24.3 Å². The number of fused-ring (bicyclic) bond motifs is 1. The Balaban J connectivity index is 1.47. The number of piperidine rings is 1. The summed E-state index contributed by atoms with van der Waals surface area (Å²) in [5, 5.41) is 0. The molecule has 1 aromatic heterocycles. The van der Waals surface area contributed by atoms with Gasteiger partial charge in [-0.25, -0.2) is 15.3 Å². The monoisotopic (exact) mass is 437 g/mol. The van der Waals surface area contributed by atoms with E-state index in [0.717, 1.165) is 46.5 Å². The second-order valence-electron chi connectivity index (χ2n) is 8.56. The summed E-state index contributed by atoms with van der Waals surface area (Å²) in [7, 11) is 1.76. The van der Waals surface area contributed by atoms with Crippen molar-refractivity contribution in [1.82, 2.24) is 15.4 Å². The third-order valence-corrected chi connectivity index (χ3v) is 5.89. The van der Waals surface area contributed by atoms with Crippen LogP contribution >= 0.6 is 0 Å². The molecule has 170 valence electrons. The van der Waals surface area contributed by atoms with Crippen molar-refractivity contribution >= 4 is 17.2 Å². The average Bonchev–Trinajstić information content (AvgIpc) is 3.21. The van der Waals surface area contributed by atoms with Crippen molar-refractivity contribution in [2.75, 3.05) is 20.1 Å². The summed E-state index contributed by atoms with van der Waals surface area (Å²) >= 11 is 0. The molecule has 1 aliphatic heterocycles. The first kappa shape index (κ1) is 22.3. The van der Waals surface area contributed by atoms with Gasteiger partial charge >= 0.3 is 6.09 Å². The molecule has 32 heavy (non-hydrogen) atoms. The molecule has 4 rings (SSSR count). The highest BCUT2D eigenvalue weighted by molar-refractivity contribution is 5.80. The lowest BCUT2D eigenvalue weighted by molar-refractivity contribution is 0.0442. The number of hydrogen-bond donors (Lipinski definition) is 1. The lowest BCUT2D eigenvalue weighted by Crippen LogP contribution is -2.39. The number of ether oxygens (including phenoxy) is 1. The Labute approximate surface area is 188 Å². The molecule has 3 aromatic rings. The normalized spacial score (nSPS) is 15.0. The lowest BCUT2D eigenvalue weighted by atomic mass is 9.97. The molecule has 2 aromatic carbocycles. The van der Waals surface area contributed by atoms with E-state index in [4.69, 9.17) is 19.0 Å². The number of benzene rings is 2. The third-order valence-electron chi connectivity index (χ3n) is 5.89. The van der Waals surface area contributed by atoms with Crippen LogP contribution in [0.3, 0.4) is 0 Å². The van der Waals surface area contributed by atoms with E-state index in [1.807, 2.05) is 19.9 Å². The van der Waals surface area contributed by atoms with E-state index in [1.165, 1.54) is 5.56 Å². The van der Waals surface area contributed by atoms with Gasteiger partial charge in [0.1, 0.15) is 5.52 Å². The molecule has 0 saturated carbocycles. The Morgan fingerprint density at radius 3 is 2.59 bits per heavy atom. The molecular weight excluding hydrogens is 406 g/mol. The molecule has 1 N–H and O–H groups in total. The van der Waals surface area contributed by atoms with Crippen LogP contribution in [0.4, 0.5) is 4.79 Å². The predicted molar refractivity (Wildman–Crippen MR) is 123 cm³/mol. The zero-order valence-electron chi connectivity index (χ0n) is 19.2. The standard InChI is InChI=1S/C25H31N3O4/c1-16(2)31-25(29)28-11-9-18(10-12-28)24-27-22-14-20(7-8-23(22)32-24)19-5-6-21(15-30-26-4)17(3)13-19/h5-8,13-14,16,18,26H,9-12,15H2,1-4H3. The molecule has 0 atom stereocenters. The van der Waals surface area contributed by atoms with Crippen LogP contribution in [0.2, 0.25) is 0 Å². The quantitative estimate of drug-likeness (QED) is 0.536. The third kappa shape index (κ3) is 4.95. The second-order valence-corrected chi connectivity index (χ2v) is 8.56. The molecule has 7 nitrogen and oxygen atoms in total. The van der Waals surface area contributed by atoms with Crippen LogP contribution in [0.5, 0.6) is 0 Å². The summed E-state index contributed by atoms with van der Waals surface area (Å²) in [6.45, 7) is 7.67. The number of likely N-dealkylation sites (tertiary alicyclic amines) is 1. The number of nitrogens with one attached hydrogen (secondary N) is 1. The van der Waals surface area contributed by atoms with E-state index in [9.17, 15) is 4.79 Å². The molecule has 7 heteroatoms. The molecule has 2 heterocycles. The van der Waals surface area contributed by atoms with Gasteiger partial charge in [0.25, 0.3) is 0 Å². The number of carbonyl (C=O) groups is 1. The zero-order chi connectivity index (χ0) is 22.7. The van der Waals surface area contributed by atoms with E-state index in [0.29, 0.717) is 19.7 Å². The summed E-state index contributed by atoms with van der Waals surface area (Å²) in [4.78, 5) is 24.0. The number of nitrogens with zero attached hydrogens (tertiary/aromatic N) is 2. The summed E-state index contributed by atoms with van der Waals surface area (Å²) < 4.78 is 11.4. The van der Waals surface area contributed by atoms with E-state index in [1.54, 1.807) is 11.9 Å². The lowest BCUT2D eigenvalue weighted by Gasteiger charge is -2.30. The Morgan fingerprint density at radius 1 is 1.19 bits per heavy atom. The van der Waals surface area contributed by atoms with E-state index in [2.05, 4.69) is 42.7 Å². The summed E-state index contributed by atoms with van der Waals surface area (Å²) in [6.07, 6.45) is 1.30. The Bertz CT molecular complexity index is 1080. The number of amides is 1. The largest absolute Gasteiger partial charge is 0.447 e. The van der Waals surface area contributed by atoms with Gasteiger partial charge in [-0.2, -0.15) is 0 Å². The maximum absolute atomic E-state index is 12.1. The molecule has 0 aliphatic carbocycles. The molecule has 0 spiro atoms. The van der Waals surface area contributed by atoms with Gasteiger partial charge in [-0.05, 0) is 68.0 Å². The summed E-state index contributed by atoms with van der Waals surface area (Å²) in [6, 6.07) is 12.5. The van der Waals surface area contributed by atoms with Crippen LogP contribution in [0.25, 0.3) is 22.2 Å². The maximum atomic E-state index is 12.1. The van der Waals surface area contributed by atoms with Crippen LogP contribution in [-0.4, -0.2) is 42.2 Å². The van der Waals surface area contributed by atoms with Crippen LogP contribution in [-0.2, 0) is 16.2 Å². The topological polar surface area (TPSA) is 76.8 Å². The molecule has 1 aliphatic rings. The highest BCUT2D eigenvalue weighted by Gasteiger charge is 2.28. The van der Waals surface area contributed by atoms with Gasteiger partial charge < -0.3 is 14.1 Å². The zero-order valence-corrected chi connectivity index (χ0v) is 19.2. The van der Waals surface area contributed by atoms with Gasteiger partial charge in [0.05, 0.1) is 12.7 Å². The molecular formula is C25H31N3O4. The molecule has 1 amide bonds. The minimum atomic E-state index is -0.237.